The fourth-order valence-corrected chi connectivity index (χ4v) is 2.50. The number of hydrogen-bond acceptors (Lipinski definition) is 3. The molecule has 2 saturated carbocycles. The Kier molecular flexibility index (Phi) is 4.40. The lowest BCUT2D eigenvalue weighted by molar-refractivity contribution is -0.123. The van der Waals surface area contributed by atoms with E-state index in [1.54, 1.807) is 0 Å². The molecule has 0 spiro atoms. The molecular formula is C13H24N2O2. The van der Waals surface area contributed by atoms with Crippen LogP contribution >= 0.6 is 0 Å². The number of nitrogens with two attached hydrogens (primary N) is 1. The Morgan fingerprint density at radius 1 is 1.35 bits per heavy atom. The molecule has 0 radical (unpaired) electrons. The van der Waals surface area contributed by atoms with Crippen LogP contribution in [0.15, 0.2) is 0 Å². The van der Waals surface area contributed by atoms with E-state index in [0.29, 0.717) is 24.7 Å². The first-order chi connectivity index (χ1) is 8.16. The normalized spacial score (nSPS) is 31.1. The smallest absolute Gasteiger partial charge is 0.236 e. The lowest BCUT2D eigenvalue weighted by Gasteiger charge is -2.30. The van der Waals surface area contributed by atoms with E-state index >= 15 is 0 Å². The Labute approximate surface area is 103 Å². The van der Waals surface area contributed by atoms with E-state index in [2.05, 4.69) is 12.2 Å². The average molecular weight is 240 g/mol. The van der Waals surface area contributed by atoms with Gasteiger partial charge in [-0.1, -0.05) is 19.8 Å². The van der Waals surface area contributed by atoms with Crippen LogP contribution in [-0.4, -0.2) is 30.7 Å². The molecule has 4 heteroatoms. The minimum Gasteiger partial charge on any atom is -0.376 e. The second kappa shape index (κ2) is 5.83. The van der Waals surface area contributed by atoms with Gasteiger partial charge in [-0.05, 0) is 31.6 Å². The quantitative estimate of drug-likeness (QED) is 0.733. The van der Waals surface area contributed by atoms with Crippen LogP contribution < -0.4 is 11.1 Å². The zero-order chi connectivity index (χ0) is 12.3. The van der Waals surface area contributed by atoms with Crippen LogP contribution in [0.1, 0.15) is 45.4 Å². The van der Waals surface area contributed by atoms with Gasteiger partial charge in [-0.15, -0.1) is 0 Å². The summed E-state index contributed by atoms with van der Waals surface area (Å²) >= 11 is 0. The maximum atomic E-state index is 11.3. The van der Waals surface area contributed by atoms with Crippen molar-refractivity contribution in [1.29, 1.82) is 0 Å². The molecule has 0 aromatic heterocycles. The Morgan fingerprint density at radius 3 is 2.65 bits per heavy atom. The van der Waals surface area contributed by atoms with Gasteiger partial charge in [0.25, 0.3) is 0 Å². The molecular weight excluding hydrogens is 216 g/mol. The van der Waals surface area contributed by atoms with E-state index < -0.39 is 0 Å². The largest absolute Gasteiger partial charge is 0.376 e. The highest BCUT2D eigenvalue weighted by Gasteiger charge is 2.29. The summed E-state index contributed by atoms with van der Waals surface area (Å²) in [5.74, 6) is 0.318. The molecule has 0 aromatic carbocycles. The van der Waals surface area contributed by atoms with E-state index in [1.165, 1.54) is 19.3 Å². The topological polar surface area (TPSA) is 64.3 Å². The van der Waals surface area contributed by atoms with Gasteiger partial charge < -0.3 is 15.8 Å². The highest BCUT2D eigenvalue weighted by Crippen LogP contribution is 2.26. The number of ether oxygens (including phenoxy) is 1. The van der Waals surface area contributed by atoms with Gasteiger partial charge in [0.05, 0.1) is 12.7 Å². The van der Waals surface area contributed by atoms with E-state index in [-0.39, 0.29) is 11.9 Å². The van der Waals surface area contributed by atoms with E-state index in [0.717, 1.165) is 19.3 Å². The fourth-order valence-electron chi connectivity index (χ4n) is 2.50. The molecule has 2 fully saturated rings. The number of carbonyl (C=O) groups is 1. The zero-order valence-electron chi connectivity index (χ0n) is 10.7. The number of rotatable bonds is 6. The lowest BCUT2D eigenvalue weighted by Crippen LogP contribution is -2.46. The minimum atomic E-state index is -0.309. The molecule has 98 valence electrons. The van der Waals surface area contributed by atoms with Gasteiger partial charge in [0.15, 0.2) is 0 Å². The summed E-state index contributed by atoms with van der Waals surface area (Å²) in [4.78, 5) is 11.3. The van der Waals surface area contributed by atoms with Gasteiger partial charge in [0.2, 0.25) is 5.91 Å². The number of amides is 1. The van der Waals surface area contributed by atoms with Gasteiger partial charge in [0, 0.05) is 6.04 Å². The minimum absolute atomic E-state index is 0.291. The first kappa shape index (κ1) is 12.8. The second-order valence-corrected chi connectivity index (χ2v) is 5.53. The van der Waals surface area contributed by atoms with Crippen molar-refractivity contribution in [2.75, 3.05) is 6.61 Å². The van der Waals surface area contributed by atoms with Crippen LogP contribution in [0.2, 0.25) is 0 Å². The summed E-state index contributed by atoms with van der Waals surface area (Å²) in [6.45, 7) is 2.66. The standard InChI is InChI=1S/C13H24N2O2/c1-9-4-2-3-5-12(9)17-8-11(13(14)16)15-10-6-7-10/h9-12,15H,2-8H2,1H3,(H2,14,16). The van der Waals surface area contributed by atoms with Crippen LogP contribution in [0.4, 0.5) is 0 Å². The summed E-state index contributed by atoms with van der Waals surface area (Å²) in [6, 6.07) is 0.177. The molecule has 0 bridgehead atoms. The van der Waals surface area contributed by atoms with Crippen molar-refractivity contribution in [3.8, 4) is 0 Å². The monoisotopic (exact) mass is 240 g/mol. The average Bonchev–Trinajstić information content (AvgIpc) is 3.09. The van der Waals surface area contributed by atoms with Gasteiger partial charge in [0.1, 0.15) is 6.04 Å². The number of nitrogens with one attached hydrogen (secondary N) is 1. The maximum Gasteiger partial charge on any atom is 0.236 e. The van der Waals surface area contributed by atoms with Crippen LogP contribution in [-0.2, 0) is 9.53 Å². The van der Waals surface area contributed by atoms with Crippen molar-refractivity contribution >= 4 is 5.91 Å². The molecule has 2 rings (SSSR count). The van der Waals surface area contributed by atoms with Crippen molar-refractivity contribution in [3.05, 3.63) is 0 Å². The van der Waals surface area contributed by atoms with E-state index in [9.17, 15) is 4.79 Å². The van der Waals surface area contributed by atoms with Crippen LogP contribution in [0.3, 0.4) is 0 Å². The van der Waals surface area contributed by atoms with Gasteiger partial charge in [-0.3, -0.25) is 4.79 Å². The molecule has 17 heavy (non-hydrogen) atoms. The molecule has 0 saturated heterocycles. The molecule has 0 aromatic rings. The van der Waals surface area contributed by atoms with E-state index in [4.69, 9.17) is 10.5 Å². The molecule has 3 unspecified atom stereocenters. The number of primary amides is 1. The van der Waals surface area contributed by atoms with Crippen LogP contribution in [0.5, 0.6) is 0 Å². The third-order valence-electron chi connectivity index (χ3n) is 3.87. The van der Waals surface area contributed by atoms with Crippen LogP contribution in [0, 0.1) is 5.92 Å². The summed E-state index contributed by atoms with van der Waals surface area (Å²) in [7, 11) is 0. The molecule has 4 nitrogen and oxygen atoms in total. The molecule has 2 aliphatic rings. The molecule has 3 atom stereocenters. The van der Waals surface area contributed by atoms with Crippen molar-refractivity contribution < 1.29 is 9.53 Å². The van der Waals surface area contributed by atoms with Crippen molar-refractivity contribution in [3.63, 3.8) is 0 Å². The van der Waals surface area contributed by atoms with Crippen molar-refractivity contribution in [1.82, 2.24) is 5.32 Å². The third kappa shape index (κ3) is 3.96. The maximum absolute atomic E-state index is 11.3. The SMILES string of the molecule is CC1CCCCC1OCC(NC1CC1)C(N)=O. The molecule has 0 aliphatic heterocycles. The predicted molar refractivity (Wildman–Crippen MR) is 66.5 cm³/mol. The van der Waals surface area contributed by atoms with Crippen LogP contribution in [0.25, 0.3) is 0 Å². The Bertz CT molecular complexity index is 266. The summed E-state index contributed by atoms with van der Waals surface area (Å²) in [5.41, 5.74) is 5.38. The highest BCUT2D eigenvalue weighted by molar-refractivity contribution is 5.80. The number of hydrogen-bond donors (Lipinski definition) is 2. The Hall–Kier alpha value is -0.610. The zero-order valence-corrected chi connectivity index (χ0v) is 10.7. The highest BCUT2D eigenvalue weighted by atomic mass is 16.5. The molecule has 0 heterocycles. The summed E-state index contributed by atoms with van der Waals surface area (Å²) < 4.78 is 5.88. The summed E-state index contributed by atoms with van der Waals surface area (Å²) in [5, 5.41) is 3.25. The summed E-state index contributed by atoms with van der Waals surface area (Å²) in [6.07, 6.45) is 7.53. The second-order valence-electron chi connectivity index (χ2n) is 5.53. The lowest BCUT2D eigenvalue weighted by atomic mass is 9.88. The molecule has 3 N–H and O–H groups in total. The van der Waals surface area contributed by atoms with Crippen molar-refractivity contribution in [2.45, 2.75) is 63.6 Å². The van der Waals surface area contributed by atoms with Crippen molar-refractivity contribution in [2.24, 2.45) is 11.7 Å². The van der Waals surface area contributed by atoms with Gasteiger partial charge >= 0.3 is 0 Å². The third-order valence-corrected chi connectivity index (χ3v) is 3.87. The van der Waals surface area contributed by atoms with E-state index in [1.807, 2.05) is 0 Å². The Balaban J connectivity index is 1.75. The fraction of sp³-hybridized carbons (Fsp3) is 0.923. The van der Waals surface area contributed by atoms with Gasteiger partial charge in [-0.25, -0.2) is 0 Å². The Morgan fingerprint density at radius 2 is 2.06 bits per heavy atom. The first-order valence-corrected chi connectivity index (χ1v) is 6.84. The van der Waals surface area contributed by atoms with Gasteiger partial charge in [-0.2, -0.15) is 0 Å². The predicted octanol–water partition coefficient (Wildman–Crippen LogP) is 1.19. The first-order valence-electron chi connectivity index (χ1n) is 6.84. The molecule has 2 aliphatic carbocycles. The number of carbonyl (C=O) groups excluding carboxylic acids is 1. The molecule has 1 amide bonds.